The number of hydrogen-bond donors (Lipinski definition) is 2. The van der Waals surface area contributed by atoms with Crippen molar-refractivity contribution in [2.45, 2.75) is 20.8 Å². The van der Waals surface area contributed by atoms with Crippen LogP contribution in [0, 0.1) is 17.4 Å². The first-order valence-corrected chi connectivity index (χ1v) is 12.3. The van der Waals surface area contributed by atoms with E-state index in [1.807, 2.05) is 45.0 Å². The number of methoxy groups -OCH3 is 1. The molecule has 0 aliphatic carbocycles. The van der Waals surface area contributed by atoms with Crippen LogP contribution < -0.4 is 25.0 Å². The average molecular weight is 601 g/mol. The third-order valence-corrected chi connectivity index (χ3v) is 5.98. The highest BCUT2D eigenvalue weighted by Gasteiger charge is 2.14. The summed E-state index contributed by atoms with van der Waals surface area (Å²) in [6.45, 7) is 6.11. The SMILES string of the molecule is CCOc1cc(/C=N/NC(=O)c2cccc(OC)c2)cc(I)c1OCC(=O)Nc1ccc(C)c(C)c1. The minimum atomic E-state index is -0.361. The molecule has 0 aromatic heterocycles. The van der Waals surface area contributed by atoms with E-state index < -0.39 is 0 Å². The van der Waals surface area contributed by atoms with E-state index in [1.165, 1.54) is 13.3 Å². The number of hydrazone groups is 1. The second kappa shape index (κ2) is 12.9. The maximum atomic E-state index is 12.4. The number of carbonyl (C=O) groups is 2. The number of hydrogen-bond acceptors (Lipinski definition) is 6. The van der Waals surface area contributed by atoms with Crippen LogP contribution in [0.3, 0.4) is 0 Å². The molecule has 0 aliphatic heterocycles. The average Bonchev–Trinajstić information content (AvgIpc) is 2.86. The lowest BCUT2D eigenvalue weighted by molar-refractivity contribution is -0.118. The van der Waals surface area contributed by atoms with Gasteiger partial charge in [0.2, 0.25) is 0 Å². The smallest absolute Gasteiger partial charge is 0.271 e. The predicted octanol–water partition coefficient (Wildman–Crippen LogP) is 5.10. The van der Waals surface area contributed by atoms with Gasteiger partial charge in [-0.2, -0.15) is 5.10 Å². The first-order chi connectivity index (χ1) is 17.3. The van der Waals surface area contributed by atoms with Crippen molar-refractivity contribution in [3.8, 4) is 17.2 Å². The Balaban J connectivity index is 1.66. The topological polar surface area (TPSA) is 98.2 Å². The lowest BCUT2D eigenvalue weighted by Gasteiger charge is -2.15. The quantitative estimate of drug-likeness (QED) is 0.192. The molecule has 0 heterocycles. The Labute approximate surface area is 224 Å². The van der Waals surface area contributed by atoms with E-state index >= 15 is 0 Å². The van der Waals surface area contributed by atoms with Gasteiger partial charge in [0.25, 0.3) is 11.8 Å². The van der Waals surface area contributed by atoms with Crippen molar-refractivity contribution < 1.29 is 23.8 Å². The van der Waals surface area contributed by atoms with Gasteiger partial charge in [-0.1, -0.05) is 12.1 Å². The van der Waals surface area contributed by atoms with Crippen LogP contribution in [-0.2, 0) is 4.79 Å². The summed E-state index contributed by atoms with van der Waals surface area (Å²) >= 11 is 2.11. The number of ether oxygens (including phenoxy) is 3. The van der Waals surface area contributed by atoms with Crippen molar-refractivity contribution in [1.29, 1.82) is 0 Å². The largest absolute Gasteiger partial charge is 0.497 e. The zero-order chi connectivity index (χ0) is 26.1. The Hall–Kier alpha value is -3.60. The third-order valence-electron chi connectivity index (χ3n) is 5.18. The van der Waals surface area contributed by atoms with Gasteiger partial charge in [0.05, 0.1) is 23.5 Å². The molecule has 3 rings (SSSR count). The summed E-state index contributed by atoms with van der Waals surface area (Å²) in [4.78, 5) is 24.8. The molecular formula is C27H28IN3O5. The normalized spacial score (nSPS) is 10.7. The standard InChI is InChI=1S/C27H28IN3O5/c1-5-35-24-13-19(15-29-31-27(33)20-7-6-8-22(14-20)34-4)12-23(28)26(24)36-16-25(32)30-21-10-9-17(2)18(3)11-21/h6-15H,5,16H2,1-4H3,(H,30,32)(H,31,33)/b29-15+. The van der Waals surface area contributed by atoms with Gasteiger partial charge in [-0.15, -0.1) is 0 Å². The minimum Gasteiger partial charge on any atom is -0.497 e. The fraction of sp³-hybridized carbons (Fsp3) is 0.222. The Morgan fingerprint density at radius 2 is 1.83 bits per heavy atom. The number of nitrogens with zero attached hydrogens (tertiary/aromatic N) is 1. The molecule has 0 bridgehead atoms. The highest BCUT2D eigenvalue weighted by Crippen LogP contribution is 2.34. The predicted molar refractivity (Wildman–Crippen MR) is 148 cm³/mol. The number of rotatable bonds is 10. The van der Waals surface area contributed by atoms with Gasteiger partial charge in [0, 0.05) is 11.3 Å². The number of benzene rings is 3. The van der Waals surface area contributed by atoms with Gasteiger partial charge in [-0.3, -0.25) is 9.59 Å². The molecule has 0 fully saturated rings. The fourth-order valence-corrected chi connectivity index (χ4v) is 3.99. The lowest BCUT2D eigenvalue weighted by atomic mass is 10.1. The van der Waals surface area contributed by atoms with Crippen molar-refractivity contribution in [3.05, 3.63) is 80.4 Å². The molecule has 2 amide bonds. The first kappa shape index (κ1) is 27.0. The van der Waals surface area contributed by atoms with Gasteiger partial charge >= 0.3 is 0 Å². The maximum Gasteiger partial charge on any atom is 0.271 e. The summed E-state index contributed by atoms with van der Waals surface area (Å²) in [7, 11) is 1.54. The van der Waals surface area contributed by atoms with E-state index in [-0.39, 0.29) is 18.4 Å². The summed E-state index contributed by atoms with van der Waals surface area (Å²) in [5.41, 5.74) is 6.60. The number of aryl methyl sites for hydroxylation is 2. The highest BCUT2D eigenvalue weighted by molar-refractivity contribution is 14.1. The van der Waals surface area contributed by atoms with Crippen LogP contribution in [0.25, 0.3) is 0 Å². The molecule has 0 spiro atoms. The van der Waals surface area contributed by atoms with Gasteiger partial charge < -0.3 is 19.5 Å². The second-order valence-electron chi connectivity index (χ2n) is 7.83. The van der Waals surface area contributed by atoms with Crippen LogP contribution in [0.5, 0.6) is 17.2 Å². The molecular weight excluding hydrogens is 573 g/mol. The highest BCUT2D eigenvalue weighted by atomic mass is 127. The zero-order valence-electron chi connectivity index (χ0n) is 20.6. The Morgan fingerprint density at radius 1 is 1.03 bits per heavy atom. The number of carbonyl (C=O) groups excluding carboxylic acids is 2. The van der Waals surface area contributed by atoms with Crippen molar-refractivity contribution in [2.75, 3.05) is 25.6 Å². The molecule has 9 heteroatoms. The molecule has 0 saturated heterocycles. The van der Waals surface area contributed by atoms with Gasteiger partial charge in [0.1, 0.15) is 5.75 Å². The molecule has 3 aromatic rings. The number of anilines is 1. The molecule has 188 valence electrons. The van der Waals surface area contributed by atoms with E-state index in [0.29, 0.717) is 40.7 Å². The summed E-state index contributed by atoms with van der Waals surface area (Å²) < 4.78 is 17.4. The summed E-state index contributed by atoms with van der Waals surface area (Å²) in [5.74, 6) is 0.886. The minimum absolute atomic E-state index is 0.174. The van der Waals surface area contributed by atoms with E-state index in [2.05, 4.69) is 38.4 Å². The van der Waals surface area contributed by atoms with Crippen molar-refractivity contribution >= 4 is 46.3 Å². The lowest BCUT2D eigenvalue weighted by Crippen LogP contribution is -2.21. The molecule has 0 saturated carbocycles. The van der Waals surface area contributed by atoms with Crippen LogP contribution in [-0.4, -0.2) is 38.4 Å². The van der Waals surface area contributed by atoms with E-state index in [1.54, 1.807) is 30.3 Å². The van der Waals surface area contributed by atoms with Crippen molar-refractivity contribution in [1.82, 2.24) is 5.43 Å². The maximum absolute atomic E-state index is 12.4. The van der Waals surface area contributed by atoms with Gasteiger partial charge in [-0.05, 0) is 103 Å². The molecule has 36 heavy (non-hydrogen) atoms. The van der Waals surface area contributed by atoms with E-state index in [0.717, 1.165) is 14.7 Å². The summed E-state index contributed by atoms with van der Waals surface area (Å²) in [6, 6.07) is 16.1. The molecule has 8 nitrogen and oxygen atoms in total. The number of nitrogens with one attached hydrogen (secondary N) is 2. The second-order valence-corrected chi connectivity index (χ2v) is 8.99. The molecule has 3 aromatic carbocycles. The fourth-order valence-electron chi connectivity index (χ4n) is 3.21. The first-order valence-electron chi connectivity index (χ1n) is 11.2. The zero-order valence-corrected chi connectivity index (χ0v) is 22.7. The van der Waals surface area contributed by atoms with Crippen LogP contribution in [0.2, 0.25) is 0 Å². The molecule has 0 unspecified atom stereocenters. The molecule has 0 aliphatic rings. The van der Waals surface area contributed by atoms with Crippen molar-refractivity contribution in [3.63, 3.8) is 0 Å². The monoisotopic (exact) mass is 601 g/mol. The van der Waals surface area contributed by atoms with Gasteiger partial charge in [-0.25, -0.2) is 5.43 Å². The van der Waals surface area contributed by atoms with Gasteiger partial charge in [0.15, 0.2) is 18.1 Å². The van der Waals surface area contributed by atoms with Crippen LogP contribution in [0.15, 0.2) is 59.7 Å². The summed E-state index contributed by atoms with van der Waals surface area (Å²) in [6.07, 6.45) is 1.51. The Morgan fingerprint density at radius 3 is 2.56 bits per heavy atom. The van der Waals surface area contributed by atoms with Crippen LogP contribution in [0.1, 0.15) is 34.0 Å². The van der Waals surface area contributed by atoms with E-state index in [4.69, 9.17) is 14.2 Å². The Kier molecular flexibility index (Phi) is 9.69. The number of halogens is 1. The molecule has 0 atom stereocenters. The molecule has 0 radical (unpaired) electrons. The molecule has 2 N–H and O–H groups in total. The summed E-state index contributed by atoms with van der Waals surface area (Å²) in [5, 5.41) is 6.90. The van der Waals surface area contributed by atoms with Crippen LogP contribution >= 0.6 is 22.6 Å². The van der Waals surface area contributed by atoms with Crippen molar-refractivity contribution in [2.24, 2.45) is 5.10 Å². The van der Waals surface area contributed by atoms with Crippen LogP contribution in [0.4, 0.5) is 5.69 Å². The number of amides is 2. The Bertz CT molecular complexity index is 1280. The van der Waals surface area contributed by atoms with E-state index in [9.17, 15) is 9.59 Å². The third kappa shape index (κ3) is 7.45.